The van der Waals surface area contributed by atoms with Crippen molar-refractivity contribution in [3.05, 3.63) is 85.1 Å². The first-order chi connectivity index (χ1) is 38.5. The van der Waals surface area contributed by atoms with E-state index in [1.807, 2.05) is 0 Å². The lowest BCUT2D eigenvalue weighted by Gasteiger charge is -2.18. The van der Waals surface area contributed by atoms with Crippen LogP contribution in [0.25, 0.3) is 0 Å². The standard InChI is InChI=1S/C72H126O6/c1-4-7-10-13-16-19-22-25-28-31-33-34-35-36-37-38-40-41-44-47-50-53-56-59-62-65-71(74)77-68-69(67-76-70(73)64-61-58-55-52-49-46-43-30-27-24-21-18-15-12-9-6-3)78-72(75)66-63-60-57-54-51-48-45-42-39-32-29-26-23-20-17-14-11-8-5-2/h8,11,17,20-21,24,26,29-31,33,39,42-43,69H,4-7,9-10,12-16,18-19,22-23,25,27-28,32,34-38,40-41,44-68H2,1-3H3/b11-8-,20-17-,24-21-,29-26-,33-31-,42-39-,43-30-. The molecule has 0 aliphatic heterocycles. The lowest BCUT2D eigenvalue weighted by Crippen LogP contribution is -2.30. The molecule has 6 heteroatoms. The van der Waals surface area contributed by atoms with Gasteiger partial charge in [0.2, 0.25) is 0 Å². The lowest BCUT2D eigenvalue weighted by atomic mass is 10.0. The molecule has 0 heterocycles. The minimum Gasteiger partial charge on any atom is -0.462 e. The van der Waals surface area contributed by atoms with E-state index in [9.17, 15) is 14.4 Å². The Morgan fingerprint density at radius 2 is 0.500 bits per heavy atom. The summed E-state index contributed by atoms with van der Waals surface area (Å²) in [6.07, 6.45) is 87.4. The normalized spacial score (nSPS) is 12.6. The molecule has 0 radical (unpaired) electrons. The summed E-state index contributed by atoms with van der Waals surface area (Å²) in [5, 5.41) is 0. The molecule has 1 unspecified atom stereocenters. The summed E-state index contributed by atoms with van der Waals surface area (Å²) in [5.41, 5.74) is 0. The fraction of sp³-hybridized carbons (Fsp3) is 0.764. The molecule has 0 aromatic carbocycles. The number of carbonyl (C=O) groups excluding carboxylic acids is 3. The molecule has 0 rings (SSSR count). The molecule has 0 aromatic rings. The maximum absolute atomic E-state index is 12.9. The second-order valence-electron chi connectivity index (χ2n) is 22.3. The SMILES string of the molecule is CC/C=C\C/C=C\C/C=C\C/C=C\CCCCCCCCC(=O)OC(COC(=O)CCCCCCC/C=C\C/C=C\CCCCCC)COC(=O)CCCCCCCCCCCCCCC/C=C\CCCCCCCCCC. The molecule has 0 amide bonds. The van der Waals surface area contributed by atoms with Gasteiger partial charge in [0.1, 0.15) is 13.2 Å². The van der Waals surface area contributed by atoms with Crippen molar-refractivity contribution in [2.24, 2.45) is 0 Å². The van der Waals surface area contributed by atoms with Crippen LogP contribution in [0.4, 0.5) is 0 Å². The van der Waals surface area contributed by atoms with E-state index in [0.717, 1.165) is 116 Å². The molecule has 0 saturated carbocycles. The number of ether oxygens (including phenoxy) is 3. The molecule has 0 fully saturated rings. The summed E-state index contributed by atoms with van der Waals surface area (Å²) in [7, 11) is 0. The Hall–Kier alpha value is -3.41. The first-order valence-corrected chi connectivity index (χ1v) is 33.6. The first-order valence-electron chi connectivity index (χ1n) is 33.6. The fourth-order valence-corrected chi connectivity index (χ4v) is 9.58. The molecule has 0 saturated heterocycles. The van der Waals surface area contributed by atoms with Crippen LogP contribution in [0.3, 0.4) is 0 Å². The van der Waals surface area contributed by atoms with E-state index >= 15 is 0 Å². The zero-order valence-electron chi connectivity index (χ0n) is 51.7. The minimum absolute atomic E-state index is 0.0856. The molecule has 78 heavy (non-hydrogen) atoms. The Bertz CT molecular complexity index is 1480. The van der Waals surface area contributed by atoms with Gasteiger partial charge in [-0.25, -0.2) is 0 Å². The third-order valence-corrected chi connectivity index (χ3v) is 14.6. The number of rotatable bonds is 61. The van der Waals surface area contributed by atoms with Crippen molar-refractivity contribution in [3.63, 3.8) is 0 Å². The van der Waals surface area contributed by atoms with Crippen LogP contribution in [0.1, 0.15) is 335 Å². The number of esters is 3. The summed E-state index contributed by atoms with van der Waals surface area (Å²) in [5.74, 6) is -0.900. The third-order valence-electron chi connectivity index (χ3n) is 14.6. The second-order valence-corrected chi connectivity index (χ2v) is 22.3. The Kier molecular flexibility index (Phi) is 63.2. The smallest absolute Gasteiger partial charge is 0.306 e. The Labute approximate surface area is 484 Å². The van der Waals surface area contributed by atoms with E-state index in [-0.39, 0.29) is 31.1 Å². The summed E-state index contributed by atoms with van der Waals surface area (Å²) < 4.78 is 16.9. The number of allylic oxidation sites excluding steroid dienone is 14. The highest BCUT2D eigenvalue weighted by molar-refractivity contribution is 5.71. The van der Waals surface area contributed by atoms with Crippen LogP contribution >= 0.6 is 0 Å². The Morgan fingerprint density at radius 3 is 0.808 bits per heavy atom. The summed E-state index contributed by atoms with van der Waals surface area (Å²) in [6, 6.07) is 0. The van der Waals surface area contributed by atoms with Crippen molar-refractivity contribution in [3.8, 4) is 0 Å². The third kappa shape index (κ3) is 63.4. The molecule has 6 nitrogen and oxygen atoms in total. The van der Waals surface area contributed by atoms with Crippen LogP contribution < -0.4 is 0 Å². The zero-order chi connectivity index (χ0) is 56.4. The van der Waals surface area contributed by atoms with Crippen molar-refractivity contribution < 1.29 is 28.6 Å². The lowest BCUT2D eigenvalue weighted by molar-refractivity contribution is -0.167. The van der Waals surface area contributed by atoms with Gasteiger partial charge in [0.15, 0.2) is 6.10 Å². The van der Waals surface area contributed by atoms with Gasteiger partial charge >= 0.3 is 17.9 Å². The van der Waals surface area contributed by atoms with Gasteiger partial charge in [-0.05, 0) is 116 Å². The highest BCUT2D eigenvalue weighted by atomic mass is 16.6. The first kappa shape index (κ1) is 74.6. The van der Waals surface area contributed by atoms with Crippen LogP contribution in [0.5, 0.6) is 0 Å². The average molecular weight is 1090 g/mol. The van der Waals surface area contributed by atoms with E-state index in [4.69, 9.17) is 14.2 Å². The van der Waals surface area contributed by atoms with Crippen molar-refractivity contribution >= 4 is 17.9 Å². The molecule has 1 atom stereocenters. The number of hydrogen-bond acceptors (Lipinski definition) is 6. The topological polar surface area (TPSA) is 78.9 Å². The molecular formula is C72H126O6. The van der Waals surface area contributed by atoms with Gasteiger partial charge in [-0.3, -0.25) is 14.4 Å². The van der Waals surface area contributed by atoms with Crippen molar-refractivity contribution in [1.82, 2.24) is 0 Å². The number of carbonyl (C=O) groups is 3. The highest BCUT2D eigenvalue weighted by Gasteiger charge is 2.19. The molecule has 450 valence electrons. The predicted molar refractivity (Wildman–Crippen MR) is 339 cm³/mol. The minimum atomic E-state index is -0.792. The van der Waals surface area contributed by atoms with Crippen LogP contribution in [-0.4, -0.2) is 37.2 Å². The van der Waals surface area contributed by atoms with Crippen molar-refractivity contribution in [2.75, 3.05) is 13.2 Å². The van der Waals surface area contributed by atoms with Crippen LogP contribution in [-0.2, 0) is 28.6 Å². The summed E-state index contributed by atoms with van der Waals surface area (Å²) >= 11 is 0. The van der Waals surface area contributed by atoms with E-state index < -0.39 is 6.10 Å². The van der Waals surface area contributed by atoms with E-state index in [0.29, 0.717) is 19.3 Å². The largest absolute Gasteiger partial charge is 0.462 e. The average Bonchev–Trinajstić information content (AvgIpc) is 3.44. The van der Waals surface area contributed by atoms with Crippen LogP contribution in [0.15, 0.2) is 85.1 Å². The van der Waals surface area contributed by atoms with Crippen molar-refractivity contribution in [2.45, 2.75) is 341 Å². The van der Waals surface area contributed by atoms with Gasteiger partial charge in [-0.1, -0.05) is 286 Å². The molecule has 0 spiro atoms. The molecule has 0 aromatic heterocycles. The molecule has 0 aliphatic rings. The fourth-order valence-electron chi connectivity index (χ4n) is 9.58. The number of unbranched alkanes of at least 4 members (excludes halogenated alkanes) is 36. The van der Waals surface area contributed by atoms with Gasteiger partial charge in [-0.15, -0.1) is 0 Å². The molecule has 0 aliphatic carbocycles. The van der Waals surface area contributed by atoms with E-state index in [2.05, 4.69) is 106 Å². The maximum atomic E-state index is 12.9. The summed E-state index contributed by atoms with van der Waals surface area (Å²) in [4.78, 5) is 38.4. The Morgan fingerprint density at radius 1 is 0.269 bits per heavy atom. The Balaban J connectivity index is 4.35. The monoisotopic (exact) mass is 1090 g/mol. The van der Waals surface area contributed by atoms with E-state index in [1.54, 1.807) is 0 Å². The van der Waals surface area contributed by atoms with E-state index in [1.165, 1.54) is 180 Å². The number of hydrogen-bond donors (Lipinski definition) is 0. The van der Waals surface area contributed by atoms with Gasteiger partial charge in [0.25, 0.3) is 0 Å². The molecule has 0 N–H and O–H groups in total. The maximum Gasteiger partial charge on any atom is 0.306 e. The molecule has 0 bridgehead atoms. The highest BCUT2D eigenvalue weighted by Crippen LogP contribution is 2.17. The predicted octanol–water partition coefficient (Wildman–Crippen LogP) is 23.1. The second kappa shape index (κ2) is 66.1. The van der Waals surface area contributed by atoms with Gasteiger partial charge in [0, 0.05) is 19.3 Å². The zero-order valence-corrected chi connectivity index (χ0v) is 51.7. The summed E-state index contributed by atoms with van der Waals surface area (Å²) in [6.45, 7) is 6.53. The van der Waals surface area contributed by atoms with Crippen molar-refractivity contribution in [1.29, 1.82) is 0 Å². The van der Waals surface area contributed by atoms with Gasteiger partial charge in [-0.2, -0.15) is 0 Å². The van der Waals surface area contributed by atoms with Gasteiger partial charge in [0.05, 0.1) is 0 Å². The molecular weight excluding hydrogens is 961 g/mol. The van der Waals surface area contributed by atoms with Gasteiger partial charge < -0.3 is 14.2 Å². The van der Waals surface area contributed by atoms with Crippen LogP contribution in [0.2, 0.25) is 0 Å². The van der Waals surface area contributed by atoms with Crippen LogP contribution in [0, 0.1) is 0 Å². The quantitative estimate of drug-likeness (QED) is 0.0261.